The number of nitrogens with zero attached hydrogens (tertiary/aromatic N) is 4. The number of imide groups is 1. The van der Waals surface area contributed by atoms with Crippen LogP contribution in [-0.4, -0.2) is 35.6 Å². The van der Waals surface area contributed by atoms with Crippen LogP contribution in [0.15, 0.2) is 84.0 Å². The summed E-state index contributed by atoms with van der Waals surface area (Å²) in [5.41, 5.74) is 1.87. The molecule has 2 amide bonds. The average molecular weight is 442 g/mol. The number of nitro groups is 1. The number of methoxy groups -OCH3 is 1. The number of carbonyl (C=O) groups is 2. The Hall–Kier alpha value is -4.53. The molecule has 33 heavy (non-hydrogen) atoms. The maximum absolute atomic E-state index is 13.6. The molecule has 0 saturated carbocycles. The van der Waals surface area contributed by atoms with Crippen molar-refractivity contribution in [1.29, 1.82) is 0 Å². The number of fused-ring (bicyclic) bond motifs is 1. The largest absolute Gasteiger partial charge is 0.495 e. The Bertz CT molecular complexity index is 1290. The third-order valence-corrected chi connectivity index (χ3v) is 5.77. The number of rotatable bonds is 5. The van der Waals surface area contributed by atoms with Crippen LogP contribution in [0.4, 0.5) is 17.1 Å². The minimum Gasteiger partial charge on any atom is -0.495 e. The van der Waals surface area contributed by atoms with Crippen molar-refractivity contribution in [3.05, 3.63) is 94.5 Å². The van der Waals surface area contributed by atoms with E-state index in [9.17, 15) is 19.7 Å². The second kappa shape index (κ2) is 7.86. The van der Waals surface area contributed by atoms with Gasteiger partial charge in [-0.1, -0.05) is 30.3 Å². The number of hydrazone groups is 1. The molecule has 2 heterocycles. The maximum Gasteiger partial charge on any atom is 0.269 e. The molecule has 3 aromatic carbocycles. The monoisotopic (exact) mass is 442 g/mol. The van der Waals surface area contributed by atoms with Gasteiger partial charge in [0.1, 0.15) is 17.7 Å². The van der Waals surface area contributed by atoms with Crippen LogP contribution in [0.25, 0.3) is 0 Å². The fraction of sp³-hybridized carbons (Fsp3) is 0.125. The van der Waals surface area contributed by atoms with E-state index in [4.69, 9.17) is 4.74 Å². The van der Waals surface area contributed by atoms with Gasteiger partial charge in [-0.15, -0.1) is 0 Å². The van der Waals surface area contributed by atoms with E-state index < -0.39 is 28.7 Å². The number of para-hydroxylation sites is 3. The molecule has 9 nitrogen and oxygen atoms in total. The van der Waals surface area contributed by atoms with Crippen molar-refractivity contribution in [3.63, 3.8) is 0 Å². The Labute approximate surface area is 188 Å². The molecule has 2 atom stereocenters. The summed E-state index contributed by atoms with van der Waals surface area (Å²) in [7, 11) is 1.48. The van der Waals surface area contributed by atoms with Gasteiger partial charge in [0, 0.05) is 12.1 Å². The molecule has 0 aromatic heterocycles. The van der Waals surface area contributed by atoms with Gasteiger partial charge in [0.25, 0.3) is 11.6 Å². The van der Waals surface area contributed by atoms with Gasteiger partial charge >= 0.3 is 0 Å². The first-order valence-corrected chi connectivity index (χ1v) is 10.2. The summed E-state index contributed by atoms with van der Waals surface area (Å²) in [4.78, 5) is 39.0. The number of nitro benzene ring substituents is 1. The normalized spacial score (nSPS) is 19.5. The standard InChI is InChI=1S/C24H18N4O5/c1-33-19-10-6-5-9-18(19)26-23(29)20-21(15-11-13-17(14-12-15)28(31)32)25-27(22(20)24(26)30)16-7-3-2-4-8-16/h2-14,20,22H,1H3/t20-,22-/m1/s1. The van der Waals surface area contributed by atoms with Crippen molar-refractivity contribution in [2.75, 3.05) is 17.0 Å². The van der Waals surface area contributed by atoms with Crippen molar-refractivity contribution in [2.45, 2.75) is 6.04 Å². The Morgan fingerprint density at radius 1 is 0.909 bits per heavy atom. The van der Waals surface area contributed by atoms with Gasteiger partial charge in [-0.3, -0.25) is 24.7 Å². The van der Waals surface area contributed by atoms with E-state index in [-0.39, 0.29) is 5.69 Å². The second-order valence-corrected chi connectivity index (χ2v) is 7.58. The molecule has 0 unspecified atom stereocenters. The summed E-state index contributed by atoms with van der Waals surface area (Å²) < 4.78 is 5.38. The lowest BCUT2D eigenvalue weighted by molar-refractivity contribution is -0.384. The summed E-state index contributed by atoms with van der Waals surface area (Å²) in [5.74, 6) is -1.31. The number of benzene rings is 3. The van der Waals surface area contributed by atoms with E-state index in [1.807, 2.05) is 30.3 Å². The first-order chi connectivity index (χ1) is 16.0. The molecule has 3 aromatic rings. The van der Waals surface area contributed by atoms with Crippen molar-refractivity contribution >= 4 is 34.6 Å². The predicted octanol–water partition coefficient (Wildman–Crippen LogP) is 3.39. The molecule has 5 rings (SSSR count). The fourth-order valence-corrected chi connectivity index (χ4v) is 4.25. The highest BCUT2D eigenvalue weighted by molar-refractivity contribution is 6.34. The number of amides is 2. The molecule has 0 spiro atoms. The average Bonchev–Trinajstić information content (AvgIpc) is 3.36. The molecule has 1 fully saturated rings. The third-order valence-electron chi connectivity index (χ3n) is 5.77. The number of carbonyl (C=O) groups excluding carboxylic acids is 2. The Balaban J connectivity index is 1.63. The summed E-state index contributed by atoms with van der Waals surface area (Å²) in [6, 6.07) is 20.9. The fourth-order valence-electron chi connectivity index (χ4n) is 4.25. The molecule has 0 N–H and O–H groups in total. The molecule has 0 radical (unpaired) electrons. The van der Waals surface area contributed by atoms with E-state index in [1.165, 1.54) is 19.2 Å². The van der Waals surface area contributed by atoms with Crippen LogP contribution in [0.3, 0.4) is 0 Å². The van der Waals surface area contributed by atoms with Crippen LogP contribution in [0.2, 0.25) is 0 Å². The topological polar surface area (TPSA) is 105 Å². The van der Waals surface area contributed by atoms with Gasteiger partial charge in [0.15, 0.2) is 0 Å². The van der Waals surface area contributed by atoms with Crippen molar-refractivity contribution in [2.24, 2.45) is 11.0 Å². The van der Waals surface area contributed by atoms with Crippen molar-refractivity contribution in [3.8, 4) is 5.75 Å². The van der Waals surface area contributed by atoms with Gasteiger partial charge in [0.2, 0.25) is 5.91 Å². The van der Waals surface area contributed by atoms with Crippen LogP contribution >= 0.6 is 0 Å². The first kappa shape index (κ1) is 20.4. The SMILES string of the molecule is COc1ccccc1N1C(=O)[C@@H]2C(c3ccc([N+](=O)[O-])cc3)=NN(c3ccccc3)[C@H]2C1=O. The number of non-ortho nitro benzene ring substituents is 1. The summed E-state index contributed by atoms with van der Waals surface area (Å²) in [5, 5.41) is 17.3. The molecule has 2 aliphatic rings. The molecule has 0 aliphatic carbocycles. The van der Waals surface area contributed by atoms with E-state index in [1.54, 1.807) is 41.4 Å². The zero-order chi connectivity index (χ0) is 23.1. The lowest BCUT2D eigenvalue weighted by atomic mass is 9.92. The van der Waals surface area contributed by atoms with Gasteiger partial charge in [-0.2, -0.15) is 5.10 Å². The van der Waals surface area contributed by atoms with Crippen LogP contribution in [-0.2, 0) is 9.59 Å². The van der Waals surface area contributed by atoms with E-state index >= 15 is 0 Å². The molecule has 164 valence electrons. The van der Waals surface area contributed by atoms with Crippen LogP contribution in [0.1, 0.15) is 5.56 Å². The molecule has 1 saturated heterocycles. The van der Waals surface area contributed by atoms with E-state index in [0.717, 1.165) is 4.90 Å². The Morgan fingerprint density at radius 2 is 1.58 bits per heavy atom. The van der Waals surface area contributed by atoms with E-state index in [0.29, 0.717) is 28.4 Å². The first-order valence-electron chi connectivity index (χ1n) is 10.2. The zero-order valence-corrected chi connectivity index (χ0v) is 17.5. The highest BCUT2D eigenvalue weighted by atomic mass is 16.6. The van der Waals surface area contributed by atoms with Crippen LogP contribution in [0, 0.1) is 16.0 Å². The van der Waals surface area contributed by atoms with Crippen molar-refractivity contribution in [1.82, 2.24) is 0 Å². The minimum absolute atomic E-state index is 0.0710. The third kappa shape index (κ3) is 3.21. The van der Waals surface area contributed by atoms with Gasteiger partial charge in [-0.05, 0) is 42.0 Å². The number of ether oxygens (including phenoxy) is 1. The minimum atomic E-state index is -0.880. The second-order valence-electron chi connectivity index (χ2n) is 7.58. The molecule has 0 bridgehead atoms. The lowest BCUT2D eigenvalue weighted by Crippen LogP contribution is -2.39. The molecule has 2 aliphatic heterocycles. The van der Waals surface area contributed by atoms with Gasteiger partial charge in [-0.25, -0.2) is 4.90 Å². The number of hydrogen-bond donors (Lipinski definition) is 0. The highest BCUT2D eigenvalue weighted by Crippen LogP contribution is 2.41. The number of hydrogen-bond acceptors (Lipinski definition) is 7. The molecule has 9 heteroatoms. The molecular formula is C24H18N4O5. The van der Waals surface area contributed by atoms with Crippen molar-refractivity contribution < 1.29 is 19.2 Å². The van der Waals surface area contributed by atoms with Crippen LogP contribution < -0.4 is 14.6 Å². The molecular weight excluding hydrogens is 424 g/mol. The summed E-state index contributed by atoms with van der Waals surface area (Å²) in [6.07, 6.45) is 0. The summed E-state index contributed by atoms with van der Waals surface area (Å²) in [6.45, 7) is 0. The Kier molecular flexibility index (Phi) is 4.86. The smallest absolute Gasteiger partial charge is 0.269 e. The predicted molar refractivity (Wildman–Crippen MR) is 121 cm³/mol. The van der Waals surface area contributed by atoms with Crippen LogP contribution in [0.5, 0.6) is 5.75 Å². The summed E-state index contributed by atoms with van der Waals surface area (Å²) >= 11 is 0. The highest BCUT2D eigenvalue weighted by Gasteiger charge is 2.57. The van der Waals surface area contributed by atoms with Gasteiger partial charge in [0.05, 0.1) is 29.1 Å². The quantitative estimate of drug-likeness (QED) is 0.341. The Morgan fingerprint density at radius 3 is 2.24 bits per heavy atom. The number of anilines is 2. The maximum atomic E-state index is 13.6. The zero-order valence-electron chi connectivity index (χ0n) is 17.5. The lowest BCUT2D eigenvalue weighted by Gasteiger charge is -2.22. The van der Waals surface area contributed by atoms with Gasteiger partial charge < -0.3 is 4.74 Å². The van der Waals surface area contributed by atoms with E-state index in [2.05, 4.69) is 5.10 Å².